The third-order valence-electron chi connectivity index (χ3n) is 3.60. The van der Waals surface area contributed by atoms with Gasteiger partial charge in [0.1, 0.15) is 10.6 Å². The summed E-state index contributed by atoms with van der Waals surface area (Å²) in [6, 6.07) is 14.3. The number of nitrogens with zero attached hydrogens (tertiary/aromatic N) is 2. The highest BCUT2D eigenvalue weighted by Crippen LogP contribution is 2.26. The summed E-state index contributed by atoms with van der Waals surface area (Å²) in [6.45, 7) is 1.99. The summed E-state index contributed by atoms with van der Waals surface area (Å²) < 4.78 is 8.64. The molecule has 1 heterocycles. The summed E-state index contributed by atoms with van der Waals surface area (Å²) in [5.41, 5.74) is 3.10. The number of amides is 1. The molecule has 1 aromatic heterocycles. The van der Waals surface area contributed by atoms with E-state index >= 15 is 0 Å². The number of anilines is 1. The Labute approximate surface area is 148 Å². The summed E-state index contributed by atoms with van der Waals surface area (Å²) in [7, 11) is 1.30. The zero-order chi connectivity index (χ0) is 17.8. The van der Waals surface area contributed by atoms with E-state index in [4.69, 9.17) is 4.74 Å². The Hall–Kier alpha value is -3.06. The molecule has 0 aliphatic heterocycles. The fraction of sp³-hybridized carbons (Fsp3) is 0.111. The highest BCUT2D eigenvalue weighted by Gasteiger charge is 2.20. The van der Waals surface area contributed by atoms with Crippen molar-refractivity contribution in [2.24, 2.45) is 0 Å². The molecule has 0 radical (unpaired) electrons. The normalized spacial score (nSPS) is 10.3. The predicted octanol–water partition coefficient (Wildman–Crippen LogP) is 3.55. The molecule has 0 atom stereocenters. The molecule has 1 N–H and O–H groups in total. The molecule has 0 saturated carbocycles. The molecule has 126 valence electrons. The highest BCUT2D eigenvalue weighted by atomic mass is 32.1. The van der Waals surface area contributed by atoms with Crippen molar-refractivity contribution in [3.05, 3.63) is 64.5 Å². The summed E-state index contributed by atoms with van der Waals surface area (Å²) in [4.78, 5) is 24.9. The van der Waals surface area contributed by atoms with Crippen LogP contribution in [0.5, 0.6) is 0 Å². The number of aryl methyl sites for hydroxylation is 1. The van der Waals surface area contributed by atoms with Crippen LogP contribution in [-0.2, 0) is 4.74 Å². The van der Waals surface area contributed by atoms with E-state index in [0.717, 1.165) is 22.7 Å². The first-order valence-electron chi connectivity index (χ1n) is 7.48. The first-order chi connectivity index (χ1) is 12.1. The number of nitrogens with one attached hydrogen (secondary N) is 1. The lowest BCUT2D eigenvalue weighted by Crippen LogP contribution is -2.15. The molecule has 7 heteroatoms. The fourth-order valence-corrected chi connectivity index (χ4v) is 2.88. The molecule has 2 aromatic carbocycles. The van der Waals surface area contributed by atoms with Crippen LogP contribution in [0, 0.1) is 6.92 Å². The number of para-hydroxylation sites is 1. The smallest absolute Gasteiger partial charge is 0.339 e. The second kappa shape index (κ2) is 7.23. The van der Waals surface area contributed by atoms with Crippen LogP contribution in [0.2, 0.25) is 0 Å². The van der Waals surface area contributed by atoms with E-state index in [2.05, 4.69) is 14.9 Å². The number of hydrogen-bond donors (Lipinski definition) is 1. The summed E-state index contributed by atoms with van der Waals surface area (Å²) in [5, 5.41) is 6.81. The van der Waals surface area contributed by atoms with E-state index in [1.807, 2.05) is 31.2 Å². The molecule has 25 heavy (non-hydrogen) atoms. The van der Waals surface area contributed by atoms with E-state index in [1.165, 1.54) is 7.11 Å². The van der Waals surface area contributed by atoms with Gasteiger partial charge in [0.2, 0.25) is 0 Å². The molecular weight excluding hydrogens is 338 g/mol. The Morgan fingerprint density at radius 3 is 2.52 bits per heavy atom. The van der Waals surface area contributed by atoms with Crippen molar-refractivity contribution in [1.82, 2.24) is 9.59 Å². The Kier molecular flexibility index (Phi) is 4.85. The minimum absolute atomic E-state index is 0.285. The van der Waals surface area contributed by atoms with Gasteiger partial charge in [-0.3, -0.25) is 4.79 Å². The maximum atomic E-state index is 12.7. The molecule has 0 unspecified atom stereocenters. The van der Waals surface area contributed by atoms with Gasteiger partial charge >= 0.3 is 5.97 Å². The van der Waals surface area contributed by atoms with Crippen LogP contribution in [0.4, 0.5) is 5.69 Å². The molecule has 0 aliphatic rings. The molecule has 0 fully saturated rings. The fourth-order valence-electron chi connectivity index (χ4n) is 2.30. The SMILES string of the molecule is COC(=O)c1ccccc1NC(=O)c1snnc1-c1ccc(C)cc1. The molecule has 3 rings (SSSR count). The summed E-state index contributed by atoms with van der Waals surface area (Å²) in [5.74, 6) is -0.890. The van der Waals surface area contributed by atoms with Gasteiger partial charge in [0.25, 0.3) is 5.91 Å². The third-order valence-corrected chi connectivity index (χ3v) is 4.32. The molecule has 0 spiro atoms. The second-order valence-electron chi connectivity index (χ2n) is 5.31. The number of hydrogen-bond acceptors (Lipinski definition) is 6. The van der Waals surface area contributed by atoms with Gasteiger partial charge in [-0.1, -0.05) is 46.4 Å². The average molecular weight is 353 g/mol. The molecule has 0 aliphatic carbocycles. The number of ether oxygens (including phenoxy) is 1. The van der Waals surface area contributed by atoms with Crippen molar-refractivity contribution < 1.29 is 14.3 Å². The molecule has 3 aromatic rings. The van der Waals surface area contributed by atoms with E-state index in [0.29, 0.717) is 16.3 Å². The van der Waals surface area contributed by atoms with Crippen molar-refractivity contribution >= 4 is 29.1 Å². The number of benzene rings is 2. The number of rotatable bonds is 4. The summed E-state index contributed by atoms with van der Waals surface area (Å²) >= 11 is 1.01. The topological polar surface area (TPSA) is 81.2 Å². The van der Waals surface area contributed by atoms with Gasteiger partial charge in [-0.05, 0) is 30.6 Å². The van der Waals surface area contributed by atoms with Crippen molar-refractivity contribution in [1.29, 1.82) is 0 Å². The summed E-state index contributed by atoms with van der Waals surface area (Å²) in [6.07, 6.45) is 0. The molecular formula is C18H15N3O3S. The molecule has 1 amide bonds. The van der Waals surface area contributed by atoms with Crippen LogP contribution in [0.1, 0.15) is 25.6 Å². The van der Waals surface area contributed by atoms with Crippen molar-refractivity contribution in [2.75, 3.05) is 12.4 Å². The molecule has 6 nitrogen and oxygen atoms in total. The largest absolute Gasteiger partial charge is 0.465 e. The van der Waals surface area contributed by atoms with E-state index in [9.17, 15) is 9.59 Å². The Bertz CT molecular complexity index is 919. The Balaban J connectivity index is 1.90. The van der Waals surface area contributed by atoms with Gasteiger partial charge in [-0.25, -0.2) is 4.79 Å². The number of carbonyl (C=O) groups excluding carboxylic acids is 2. The average Bonchev–Trinajstić information content (AvgIpc) is 3.12. The maximum Gasteiger partial charge on any atom is 0.339 e. The van der Waals surface area contributed by atoms with Crippen LogP contribution in [0.3, 0.4) is 0 Å². The van der Waals surface area contributed by atoms with Crippen molar-refractivity contribution in [3.63, 3.8) is 0 Å². The molecule has 0 bridgehead atoms. The van der Waals surface area contributed by atoms with Crippen LogP contribution in [0.15, 0.2) is 48.5 Å². The third kappa shape index (κ3) is 3.56. The van der Waals surface area contributed by atoms with Crippen LogP contribution >= 0.6 is 11.5 Å². The lowest BCUT2D eigenvalue weighted by molar-refractivity contribution is 0.0602. The first-order valence-corrected chi connectivity index (χ1v) is 8.25. The lowest BCUT2D eigenvalue weighted by atomic mass is 10.1. The number of carbonyl (C=O) groups is 2. The Morgan fingerprint density at radius 2 is 1.80 bits per heavy atom. The van der Waals surface area contributed by atoms with Gasteiger partial charge in [0.15, 0.2) is 0 Å². The van der Waals surface area contributed by atoms with E-state index in [1.54, 1.807) is 24.3 Å². The number of methoxy groups -OCH3 is 1. The second-order valence-corrected chi connectivity index (χ2v) is 6.06. The standard InChI is InChI=1S/C18H15N3O3S/c1-11-7-9-12(10-8-11)15-16(25-21-20-15)17(22)19-14-6-4-3-5-13(14)18(23)24-2/h3-10H,1-2H3,(H,19,22). The minimum atomic E-state index is -0.517. The van der Waals surface area contributed by atoms with Gasteiger partial charge < -0.3 is 10.1 Å². The zero-order valence-corrected chi connectivity index (χ0v) is 14.5. The van der Waals surface area contributed by atoms with Gasteiger partial charge in [-0.15, -0.1) is 5.10 Å². The van der Waals surface area contributed by atoms with Crippen LogP contribution in [0.25, 0.3) is 11.3 Å². The number of esters is 1. The van der Waals surface area contributed by atoms with Crippen LogP contribution < -0.4 is 5.32 Å². The van der Waals surface area contributed by atoms with Gasteiger partial charge in [-0.2, -0.15) is 0 Å². The van der Waals surface area contributed by atoms with Crippen LogP contribution in [-0.4, -0.2) is 28.6 Å². The minimum Gasteiger partial charge on any atom is -0.465 e. The van der Waals surface area contributed by atoms with Crippen molar-refractivity contribution in [3.8, 4) is 11.3 Å². The number of aromatic nitrogens is 2. The predicted molar refractivity (Wildman–Crippen MR) is 95.8 cm³/mol. The zero-order valence-electron chi connectivity index (χ0n) is 13.6. The van der Waals surface area contributed by atoms with Crippen molar-refractivity contribution in [2.45, 2.75) is 6.92 Å². The van der Waals surface area contributed by atoms with E-state index < -0.39 is 5.97 Å². The highest BCUT2D eigenvalue weighted by molar-refractivity contribution is 7.08. The van der Waals surface area contributed by atoms with Gasteiger partial charge in [0, 0.05) is 5.56 Å². The lowest BCUT2D eigenvalue weighted by Gasteiger charge is -2.09. The quantitative estimate of drug-likeness (QED) is 0.726. The van der Waals surface area contributed by atoms with E-state index in [-0.39, 0.29) is 11.5 Å². The monoisotopic (exact) mass is 353 g/mol. The first kappa shape index (κ1) is 16.8. The molecule has 0 saturated heterocycles. The van der Waals surface area contributed by atoms with Gasteiger partial charge in [0.05, 0.1) is 18.4 Å². The Morgan fingerprint density at radius 1 is 1.08 bits per heavy atom. The maximum absolute atomic E-state index is 12.7.